The molecule has 128 valence electrons. The fourth-order valence-electron chi connectivity index (χ4n) is 3.30. The van der Waals surface area contributed by atoms with E-state index in [2.05, 4.69) is 10.4 Å². The predicted octanol–water partition coefficient (Wildman–Crippen LogP) is 2.16. The van der Waals surface area contributed by atoms with Crippen LogP contribution in [0.2, 0.25) is 0 Å². The minimum Gasteiger partial charge on any atom is -0.394 e. The van der Waals surface area contributed by atoms with Gasteiger partial charge in [-0.2, -0.15) is 5.10 Å². The number of carbonyl (C=O) groups excluding carboxylic acids is 1. The number of aliphatic hydroxyl groups excluding tert-OH is 1. The Labute approximate surface area is 142 Å². The monoisotopic (exact) mass is 328 g/mol. The highest BCUT2D eigenvalue weighted by atomic mass is 16.3. The number of aromatic nitrogens is 2. The van der Waals surface area contributed by atoms with Crippen molar-refractivity contribution in [2.24, 2.45) is 0 Å². The summed E-state index contributed by atoms with van der Waals surface area (Å²) in [6.07, 6.45) is 1.81. The Balaban J connectivity index is 1.74. The van der Waals surface area contributed by atoms with Crippen molar-refractivity contribution in [1.82, 2.24) is 20.0 Å². The first-order valence-corrected chi connectivity index (χ1v) is 8.37. The number of nitrogens with one attached hydrogen (secondary N) is 1. The average molecular weight is 328 g/mol. The largest absolute Gasteiger partial charge is 0.394 e. The number of hydrogen-bond acceptors (Lipinski definition) is 3. The Morgan fingerprint density at radius 2 is 2.17 bits per heavy atom. The number of nitrogens with zero attached hydrogens (tertiary/aromatic N) is 3. The SMILES string of the molecule is Cc1cc(C)n(-c2ccccc2CNC(=O)N2CCC[C@H]2CO)n1. The van der Waals surface area contributed by atoms with Gasteiger partial charge in [0, 0.05) is 18.8 Å². The van der Waals surface area contributed by atoms with Gasteiger partial charge in [0.2, 0.25) is 0 Å². The molecular weight excluding hydrogens is 304 g/mol. The van der Waals surface area contributed by atoms with E-state index in [1.807, 2.05) is 48.9 Å². The smallest absolute Gasteiger partial charge is 0.317 e. The first-order chi connectivity index (χ1) is 11.6. The standard InChI is InChI=1S/C18H24N4O2/c1-13-10-14(2)22(20-13)17-8-4-3-6-15(17)11-19-18(24)21-9-5-7-16(21)12-23/h3-4,6,8,10,16,23H,5,7,9,11-12H2,1-2H3,(H,19,24)/t16-/m0/s1. The van der Waals surface area contributed by atoms with E-state index < -0.39 is 0 Å². The summed E-state index contributed by atoms with van der Waals surface area (Å²) in [5.41, 5.74) is 4.01. The lowest BCUT2D eigenvalue weighted by Crippen LogP contribution is -2.43. The molecule has 6 nitrogen and oxygen atoms in total. The van der Waals surface area contributed by atoms with E-state index in [0.29, 0.717) is 13.1 Å². The van der Waals surface area contributed by atoms with Crippen molar-refractivity contribution in [3.05, 3.63) is 47.3 Å². The highest BCUT2D eigenvalue weighted by molar-refractivity contribution is 5.75. The number of para-hydroxylation sites is 1. The molecule has 0 aliphatic carbocycles. The van der Waals surface area contributed by atoms with Crippen molar-refractivity contribution in [2.75, 3.05) is 13.2 Å². The molecule has 1 aromatic carbocycles. The van der Waals surface area contributed by atoms with E-state index >= 15 is 0 Å². The van der Waals surface area contributed by atoms with Gasteiger partial charge < -0.3 is 15.3 Å². The number of aryl methyl sites for hydroxylation is 2. The molecule has 0 bridgehead atoms. The molecule has 2 amide bonds. The summed E-state index contributed by atoms with van der Waals surface area (Å²) in [7, 11) is 0. The Kier molecular flexibility index (Phi) is 4.85. The summed E-state index contributed by atoms with van der Waals surface area (Å²) >= 11 is 0. The van der Waals surface area contributed by atoms with Gasteiger partial charge in [0.05, 0.1) is 24.0 Å². The van der Waals surface area contributed by atoms with Gasteiger partial charge in [-0.3, -0.25) is 0 Å². The van der Waals surface area contributed by atoms with Gasteiger partial charge in [-0.25, -0.2) is 9.48 Å². The normalized spacial score (nSPS) is 17.3. The molecule has 2 N–H and O–H groups in total. The van der Waals surface area contributed by atoms with Crippen molar-refractivity contribution >= 4 is 6.03 Å². The Bertz CT molecular complexity index is 726. The number of amides is 2. The fraction of sp³-hybridized carbons (Fsp3) is 0.444. The third-order valence-electron chi connectivity index (χ3n) is 4.51. The number of hydrogen-bond donors (Lipinski definition) is 2. The zero-order valence-corrected chi connectivity index (χ0v) is 14.2. The van der Waals surface area contributed by atoms with Crippen LogP contribution in [0.4, 0.5) is 4.79 Å². The number of urea groups is 1. The average Bonchev–Trinajstić information content (AvgIpc) is 3.18. The van der Waals surface area contributed by atoms with E-state index in [4.69, 9.17) is 0 Å². The van der Waals surface area contributed by atoms with Crippen molar-refractivity contribution < 1.29 is 9.90 Å². The highest BCUT2D eigenvalue weighted by Crippen LogP contribution is 2.19. The van der Waals surface area contributed by atoms with Crippen LogP contribution in [0.3, 0.4) is 0 Å². The Hall–Kier alpha value is -2.34. The summed E-state index contributed by atoms with van der Waals surface area (Å²) < 4.78 is 1.91. The molecule has 1 aromatic heterocycles. The molecule has 0 spiro atoms. The van der Waals surface area contributed by atoms with Crippen LogP contribution in [0.5, 0.6) is 0 Å². The third kappa shape index (κ3) is 3.28. The molecule has 6 heteroatoms. The van der Waals surface area contributed by atoms with E-state index in [0.717, 1.165) is 35.5 Å². The first kappa shape index (κ1) is 16.5. The van der Waals surface area contributed by atoms with E-state index in [1.54, 1.807) is 4.90 Å². The summed E-state index contributed by atoms with van der Waals surface area (Å²) in [6, 6.07) is 9.80. The molecule has 3 rings (SSSR count). The molecule has 1 saturated heterocycles. The maximum atomic E-state index is 12.4. The van der Waals surface area contributed by atoms with Gasteiger partial charge in [0.15, 0.2) is 0 Å². The zero-order valence-electron chi connectivity index (χ0n) is 14.2. The van der Waals surface area contributed by atoms with Gasteiger partial charge in [0.1, 0.15) is 0 Å². The molecule has 24 heavy (non-hydrogen) atoms. The second-order valence-corrected chi connectivity index (χ2v) is 6.30. The number of carbonyl (C=O) groups is 1. The summed E-state index contributed by atoms with van der Waals surface area (Å²) in [4.78, 5) is 14.1. The van der Waals surface area contributed by atoms with Gasteiger partial charge in [0.25, 0.3) is 0 Å². The number of likely N-dealkylation sites (tertiary alicyclic amines) is 1. The number of rotatable bonds is 4. The number of benzene rings is 1. The summed E-state index contributed by atoms with van der Waals surface area (Å²) in [6.45, 7) is 5.15. The van der Waals surface area contributed by atoms with Crippen molar-refractivity contribution in [1.29, 1.82) is 0 Å². The molecule has 2 aromatic rings. The topological polar surface area (TPSA) is 70.4 Å². The van der Waals surface area contributed by atoms with Crippen LogP contribution in [0.1, 0.15) is 29.8 Å². The molecule has 0 radical (unpaired) electrons. The minimum absolute atomic E-state index is 0.0236. The minimum atomic E-state index is -0.116. The van der Waals surface area contributed by atoms with Gasteiger partial charge in [-0.1, -0.05) is 18.2 Å². The number of aliphatic hydroxyl groups is 1. The molecule has 1 aliphatic rings. The Morgan fingerprint density at radius 1 is 1.38 bits per heavy atom. The van der Waals surface area contributed by atoms with Crippen LogP contribution in [-0.2, 0) is 6.54 Å². The van der Waals surface area contributed by atoms with E-state index in [9.17, 15) is 9.90 Å². The molecule has 0 unspecified atom stereocenters. The van der Waals surface area contributed by atoms with Gasteiger partial charge >= 0.3 is 6.03 Å². The molecule has 2 heterocycles. The summed E-state index contributed by atoms with van der Waals surface area (Å²) in [5, 5.41) is 16.9. The second-order valence-electron chi connectivity index (χ2n) is 6.30. The van der Waals surface area contributed by atoms with E-state index in [-0.39, 0.29) is 18.7 Å². The van der Waals surface area contributed by atoms with Crippen molar-refractivity contribution in [2.45, 2.75) is 39.3 Å². The molecule has 0 saturated carbocycles. The zero-order chi connectivity index (χ0) is 17.1. The van der Waals surface area contributed by atoms with Crippen LogP contribution >= 0.6 is 0 Å². The van der Waals surface area contributed by atoms with Crippen LogP contribution in [0.15, 0.2) is 30.3 Å². The van der Waals surface area contributed by atoms with Crippen molar-refractivity contribution in [3.8, 4) is 5.69 Å². The quantitative estimate of drug-likeness (QED) is 0.903. The molecule has 1 fully saturated rings. The third-order valence-corrected chi connectivity index (χ3v) is 4.51. The molecule has 1 atom stereocenters. The maximum Gasteiger partial charge on any atom is 0.317 e. The highest BCUT2D eigenvalue weighted by Gasteiger charge is 2.27. The van der Waals surface area contributed by atoms with Crippen LogP contribution in [0, 0.1) is 13.8 Å². The lowest BCUT2D eigenvalue weighted by molar-refractivity contribution is 0.157. The lowest BCUT2D eigenvalue weighted by atomic mass is 10.1. The lowest BCUT2D eigenvalue weighted by Gasteiger charge is -2.23. The van der Waals surface area contributed by atoms with Gasteiger partial charge in [-0.15, -0.1) is 0 Å². The van der Waals surface area contributed by atoms with E-state index in [1.165, 1.54) is 0 Å². The van der Waals surface area contributed by atoms with Gasteiger partial charge in [-0.05, 0) is 44.4 Å². The fourth-order valence-corrected chi connectivity index (χ4v) is 3.30. The second kappa shape index (κ2) is 7.05. The first-order valence-electron chi connectivity index (χ1n) is 8.37. The van der Waals surface area contributed by atoms with Crippen LogP contribution in [-0.4, -0.2) is 45.0 Å². The van der Waals surface area contributed by atoms with Crippen LogP contribution < -0.4 is 5.32 Å². The molecule has 1 aliphatic heterocycles. The maximum absolute atomic E-state index is 12.4. The van der Waals surface area contributed by atoms with Crippen molar-refractivity contribution in [3.63, 3.8) is 0 Å². The predicted molar refractivity (Wildman–Crippen MR) is 92.1 cm³/mol. The Morgan fingerprint density at radius 3 is 2.88 bits per heavy atom. The molecular formula is C18H24N4O2. The summed E-state index contributed by atoms with van der Waals surface area (Å²) in [5.74, 6) is 0. The van der Waals surface area contributed by atoms with Crippen LogP contribution in [0.25, 0.3) is 5.69 Å².